The topological polar surface area (TPSA) is 118 Å². The fraction of sp³-hybridized carbons (Fsp3) is 0.280. The Balaban J connectivity index is 1.65. The molecule has 0 spiro atoms. The third kappa shape index (κ3) is 5.17. The lowest BCUT2D eigenvalue weighted by Crippen LogP contribution is -2.31. The Morgan fingerprint density at radius 1 is 1.06 bits per heavy atom. The van der Waals surface area contributed by atoms with Crippen LogP contribution in [0.25, 0.3) is 11.3 Å². The summed E-state index contributed by atoms with van der Waals surface area (Å²) in [5, 5.41) is 11.7. The van der Waals surface area contributed by atoms with Gasteiger partial charge in [0.1, 0.15) is 28.8 Å². The highest BCUT2D eigenvalue weighted by atomic mass is 19.1. The van der Waals surface area contributed by atoms with Crippen LogP contribution in [0.5, 0.6) is 0 Å². The molecule has 35 heavy (non-hydrogen) atoms. The monoisotopic (exact) mass is 484 g/mol. The summed E-state index contributed by atoms with van der Waals surface area (Å²) in [6.07, 6.45) is 5.68. The Morgan fingerprint density at radius 3 is 2.43 bits per heavy atom. The van der Waals surface area contributed by atoms with Crippen LogP contribution in [0.3, 0.4) is 0 Å². The molecule has 1 amide bonds. The summed E-state index contributed by atoms with van der Waals surface area (Å²) >= 11 is 0. The third-order valence-corrected chi connectivity index (χ3v) is 6.13. The number of halogens is 3. The molecular formula is C25H23F3N4O3. The van der Waals surface area contributed by atoms with E-state index in [1.54, 1.807) is 6.20 Å². The van der Waals surface area contributed by atoms with Gasteiger partial charge in [0.25, 0.3) is 5.91 Å². The SMILES string of the molecule is C[C@@H]1C[C@H](N)C[C@H](c2ccncc2NC(=O)c2ccc(F)c(-c3c(F)cc(C(=O)O)cc3F)n2)C1. The summed E-state index contributed by atoms with van der Waals surface area (Å²) in [6.45, 7) is 2.12. The molecule has 1 aliphatic rings. The summed E-state index contributed by atoms with van der Waals surface area (Å²) in [5.41, 5.74) is 4.95. The van der Waals surface area contributed by atoms with Crippen LogP contribution in [0.4, 0.5) is 18.9 Å². The Morgan fingerprint density at radius 2 is 1.77 bits per heavy atom. The molecule has 0 unspecified atom stereocenters. The minimum Gasteiger partial charge on any atom is -0.478 e. The van der Waals surface area contributed by atoms with Crippen molar-refractivity contribution in [1.29, 1.82) is 0 Å². The van der Waals surface area contributed by atoms with Crippen LogP contribution >= 0.6 is 0 Å². The molecule has 0 aliphatic heterocycles. The van der Waals surface area contributed by atoms with E-state index >= 15 is 0 Å². The van der Waals surface area contributed by atoms with Gasteiger partial charge in [0, 0.05) is 12.2 Å². The number of aromatic carboxylic acids is 1. The number of hydrogen-bond donors (Lipinski definition) is 3. The summed E-state index contributed by atoms with van der Waals surface area (Å²) in [7, 11) is 0. The van der Waals surface area contributed by atoms with E-state index in [1.165, 1.54) is 6.20 Å². The van der Waals surface area contributed by atoms with Crippen LogP contribution in [0, 0.1) is 23.4 Å². The van der Waals surface area contributed by atoms with Crippen LogP contribution in [0.1, 0.15) is 58.5 Å². The smallest absolute Gasteiger partial charge is 0.335 e. The van der Waals surface area contributed by atoms with Gasteiger partial charge in [0.2, 0.25) is 0 Å². The maximum Gasteiger partial charge on any atom is 0.335 e. The Kier molecular flexibility index (Phi) is 6.83. The number of carbonyl (C=O) groups is 2. The second-order valence-corrected chi connectivity index (χ2v) is 8.83. The van der Waals surface area contributed by atoms with E-state index in [0.29, 0.717) is 23.7 Å². The first-order chi connectivity index (χ1) is 16.6. The molecule has 0 saturated heterocycles. The van der Waals surface area contributed by atoms with E-state index in [9.17, 15) is 22.8 Å². The van der Waals surface area contributed by atoms with E-state index in [2.05, 4.69) is 22.2 Å². The van der Waals surface area contributed by atoms with Gasteiger partial charge in [-0.1, -0.05) is 6.92 Å². The number of nitrogens with zero attached hydrogens (tertiary/aromatic N) is 2. The Labute approximate surface area is 199 Å². The minimum atomic E-state index is -1.54. The maximum atomic E-state index is 14.5. The summed E-state index contributed by atoms with van der Waals surface area (Å²) < 4.78 is 43.5. The quantitative estimate of drug-likeness (QED) is 0.481. The molecule has 4 N–H and O–H groups in total. The molecule has 1 fully saturated rings. The molecule has 3 atom stereocenters. The molecule has 7 nitrogen and oxygen atoms in total. The number of nitrogens with one attached hydrogen (secondary N) is 1. The molecule has 2 heterocycles. The predicted molar refractivity (Wildman–Crippen MR) is 122 cm³/mol. The Bertz CT molecular complexity index is 1270. The van der Waals surface area contributed by atoms with E-state index in [0.717, 1.165) is 37.0 Å². The highest BCUT2D eigenvalue weighted by Crippen LogP contribution is 2.38. The molecular weight excluding hydrogens is 461 g/mol. The van der Waals surface area contributed by atoms with Crippen LogP contribution in [-0.4, -0.2) is 33.0 Å². The lowest BCUT2D eigenvalue weighted by molar-refractivity contribution is 0.0695. The van der Waals surface area contributed by atoms with Gasteiger partial charge in [-0.25, -0.2) is 22.9 Å². The number of benzene rings is 1. The van der Waals surface area contributed by atoms with Crippen LogP contribution in [0.2, 0.25) is 0 Å². The van der Waals surface area contributed by atoms with Crippen LogP contribution in [-0.2, 0) is 0 Å². The molecule has 2 aromatic heterocycles. The van der Waals surface area contributed by atoms with Crippen molar-refractivity contribution in [2.24, 2.45) is 11.7 Å². The molecule has 0 bridgehead atoms. The lowest BCUT2D eigenvalue weighted by atomic mass is 9.76. The Hall–Kier alpha value is -3.79. The number of anilines is 1. The van der Waals surface area contributed by atoms with Crippen molar-refractivity contribution >= 4 is 17.6 Å². The van der Waals surface area contributed by atoms with Gasteiger partial charge >= 0.3 is 5.97 Å². The number of nitrogens with two attached hydrogens (primary N) is 1. The van der Waals surface area contributed by atoms with Crippen molar-refractivity contribution in [1.82, 2.24) is 9.97 Å². The standard InChI is InChI=1S/C25H23F3N4O3/c1-12-6-13(8-15(29)7-12)16-4-5-30-11-21(16)32-24(33)20-3-2-17(26)23(31-20)22-18(27)9-14(25(34)35)10-19(22)28/h2-5,9-13,15H,6-8,29H2,1H3,(H,32,33)(H,34,35)/t12-,13+,15-/m0/s1. The number of carboxylic acid groups (broad SMARTS) is 1. The van der Waals surface area contributed by atoms with Gasteiger partial charge in [-0.3, -0.25) is 9.78 Å². The second kappa shape index (κ2) is 9.83. The van der Waals surface area contributed by atoms with E-state index < -0.39 is 46.1 Å². The van der Waals surface area contributed by atoms with Crippen molar-refractivity contribution in [3.8, 4) is 11.3 Å². The summed E-state index contributed by atoms with van der Waals surface area (Å²) in [6, 6.07) is 4.93. The molecule has 10 heteroatoms. The van der Waals surface area contributed by atoms with Gasteiger partial charge in [-0.2, -0.15) is 0 Å². The number of carboxylic acids is 1. The normalized spacial score (nSPS) is 19.9. The molecule has 3 aromatic rings. The van der Waals surface area contributed by atoms with E-state index in [-0.39, 0.29) is 17.7 Å². The van der Waals surface area contributed by atoms with Crippen molar-refractivity contribution in [3.05, 3.63) is 77.0 Å². The number of aromatic nitrogens is 2. The van der Waals surface area contributed by atoms with Crippen LogP contribution < -0.4 is 11.1 Å². The number of amides is 1. The first-order valence-corrected chi connectivity index (χ1v) is 11.0. The van der Waals surface area contributed by atoms with Gasteiger partial charge in [-0.15, -0.1) is 0 Å². The first-order valence-electron chi connectivity index (χ1n) is 11.0. The number of pyridine rings is 2. The molecule has 182 valence electrons. The van der Waals surface area contributed by atoms with E-state index in [1.807, 2.05) is 6.07 Å². The zero-order valence-electron chi connectivity index (χ0n) is 18.8. The highest BCUT2D eigenvalue weighted by Gasteiger charge is 2.28. The zero-order chi connectivity index (χ0) is 25.3. The average Bonchev–Trinajstić information content (AvgIpc) is 2.79. The molecule has 1 saturated carbocycles. The van der Waals surface area contributed by atoms with Crippen molar-refractivity contribution in [3.63, 3.8) is 0 Å². The first kappa shape index (κ1) is 24.3. The van der Waals surface area contributed by atoms with Gasteiger partial charge in [0.05, 0.1) is 23.0 Å². The van der Waals surface area contributed by atoms with Crippen LogP contribution in [0.15, 0.2) is 42.7 Å². The predicted octanol–water partition coefficient (Wildman–Crippen LogP) is 4.74. The fourth-order valence-electron chi connectivity index (χ4n) is 4.63. The average molecular weight is 484 g/mol. The van der Waals surface area contributed by atoms with Crippen molar-refractivity contribution in [2.45, 2.75) is 38.1 Å². The number of rotatable bonds is 5. The highest BCUT2D eigenvalue weighted by molar-refractivity contribution is 6.03. The number of hydrogen-bond acceptors (Lipinski definition) is 5. The number of carbonyl (C=O) groups excluding carboxylic acids is 1. The van der Waals surface area contributed by atoms with Gasteiger partial charge < -0.3 is 16.2 Å². The largest absolute Gasteiger partial charge is 0.478 e. The molecule has 1 aliphatic carbocycles. The van der Waals surface area contributed by atoms with Gasteiger partial charge in [0.15, 0.2) is 0 Å². The maximum absolute atomic E-state index is 14.5. The van der Waals surface area contributed by atoms with Crippen molar-refractivity contribution in [2.75, 3.05) is 5.32 Å². The zero-order valence-corrected chi connectivity index (χ0v) is 18.8. The molecule has 4 rings (SSSR count). The summed E-state index contributed by atoms with van der Waals surface area (Å²) in [5.74, 6) is -5.45. The van der Waals surface area contributed by atoms with Crippen molar-refractivity contribution < 1.29 is 27.9 Å². The van der Waals surface area contributed by atoms with Gasteiger partial charge in [-0.05, 0) is 67.0 Å². The second-order valence-electron chi connectivity index (χ2n) is 8.83. The third-order valence-electron chi connectivity index (χ3n) is 6.13. The summed E-state index contributed by atoms with van der Waals surface area (Å²) in [4.78, 5) is 31.9. The minimum absolute atomic E-state index is 0.0408. The fourth-order valence-corrected chi connectivity index (χ4v) is 4.63. The molecule has 1 aromatic carbocycles. The van der Waals surface area contributed by atoms with E-state index in [4.69, 9.17) is 10.8 Å². The lowest BCUT2D eigenvalue weighted by Gasteiger charge is -2.32. The molecule has 0 radical (unpaired) electrons.